The van der Waals surface area contributed by atoms with Crippen molar-refractivity contribution in [2.24, 2.45) is 0 Å². The van der Waals surface area contributed by atoms with Crippen LogP contribution in [0, 0.1) is 6.92 Å². The average molecular weight is 382 g/mol. The van der Waals surface area contributed by atoms with Gasteiger partial charge in [0.25, 0.3) is 0 Å². The third-order valence-corrected chi connectivity index (χ3v) is 4.74. The standard InChI is InChI=1S/C13H20N2O2S.C2HF3O2/c1-9-15-10(8-18-9)6-16-7-11-2-3-12-13(17-11)4-5-14-12;3-2(4,5)1(6)7/h8,11-14H,2-7H2,1H3;(H,6,7)/t11?,12-,13-;/m0./s1. The molecule has 0 aromatic carbocycles. The van der Waals surface area contributed by atoms with E-state index in [9.17, 15) is 13.2 Å². The van der Waals surface area contributed by atoms with Gasteiger partial charge in [-0.25, -0.2) is 9.78 Å². The van der Waals surface area contributed by atoms with Crippen molar-refractivity contribution in [1.29, 1.82) is 0 Å². The van der Waals surface area contributed by atoms with Crippen LogP contribution in [0.25, 0.3) is 0 Å². The van der Waals surface area contributed by atoms with Crippen LogP contribution in [0.4, 0.5) is 13.2 Å². The minimum absolute atomic E-state index is 0.269. The van der Waals surface area contributed by atoms with Crippen molar-refractivity contribution >= 4 is 17.3 Å². The number of halogens is 3. The summed E-state index contributed by atoms with van der Waals surface area (Å²) in [6, 6.07) is 0.586. The summed E-state index contributed by atoms with van der Waals surface area (Å²) in [6.07, 6.45) is -0.940. The number of aliphatic carboxylic acids is 1. The molecule has 1 unspecified atom stereocenters. The predicted molar refractivity (Wildman–Crippen MR) is 84.5 cm³/mol. The first-order chi connectivity index (χ1) is 11.8. The Kier molecular flexibility index (Phi) is 7.17. The molecule has 142 valence electrons. The molecule has 25 heavy (non-hydrogen) atoms. The number of aromatic nitrogens is 1. The maximum Gasteiger partial charge on any atom is 0.490 e. The number of nitrogens with zero attached hydrogens (tertiary/aromatic N) is 1. The predicted octanol–water partition coefficient (Wildman–Crippen LogP) is 2.51. The molecule has 0 spiro atoms. The van der Waals surface area contributed by atoms with E-state index in [1.165, 1.54) is 6.42 Å². The Balaban J connectivity index is 0.000000277. The smallest absolute Gasteiger partial charge is 0.475 e. The molecule has 0 radical (unpaired) electrons. The van der Waals surface area contributed by atoms with Crippen LogP contribution in [-0.4, -0.2) is 53.6 Å². The van der Waals surface area contributed by atoms with E-state index in [0.29, 0.717) is 25.4 Å². The van der Waals surface area contributed by atoms with Crippen molar-refractivity contribution in [3.63, 3.8) is 0 Å². The molecule has 2 aliphatic rings. The monoisotopic (exact) mass is 382 g/mol. The van der Waals surface area contributed by atoms with E-state index in [-0.39, 0.29) is 6.10 Å². The molecule has 0 aliphatic carbocycles. The number of fused-ring (bicyclic) bond motifs is 1. The van der Waals surface area contributed by atoms with Gasteiger partial charge in [0, 0.05) is 11.4 Å². The van der Waals surface area contributed by atoms with Gasteiger partial charge in [0.1, 0.15) is 0 Å². The number of rotatable bonds is 4. The summed E-state index contributed by atoms with van der Waals surface area (Å²) in [5.74, 6) is -2.76. The second-order valence-corrected chi connectivity index (χ2v) is 6.96. The highest BCUT2D eigenvalue weighted by atomic mass is 32.1. The third-order valence-electron chi connectivity index (χ3n) is 3.91. The summed E-state index contributed by atoms with van der Waals surface area (Å²) in [4.78, 5) is 13.3. The third kappa shape index (κ3) is 6.53. The molecule has 1 aromatic rings. The first kappa shape index (κ1) is 20.1. The van der Waals surface area contributed by atoms with Crippen molar-refractivity contribution in [2.45, 2.75) is 57.2 Å². The number of aryl methyl sites for hydroxylation is 1. The molecule has 3 atom stereocenters. The van der Waals surface area contributed by atoms with E-state index in [2.05, 4.69) is 15.7 Å². The zero-order chi connectivity index (χ0) is 18.4. The van der Waals surface area contributed by atoms with E-state index >= 15 is 0 Å². The normalized spacial score (nSPS) is 25.8. The SMILES string of the molecule is Cc1nc(COCC2CC[C@@H]3NCC[C@@H]3O2)cs1.O=C(O)C(F)(F)F. The first-order valence-corrected chi connectivity index (χ1v) is 8.81. The fourth-order valence-electron chi connectivity index (χ4n) is 2.77. The van der Waals surface area contributed by atoms with Gasteiger partial charge in [0.2, 0.25) is 0 Å². The van der Waals surface area contributed by atoms with Gasteiger partial charge in [0.15, 0.2) is 0 Å². The minimum Gasteiger partial charge on any atom is -0.475 e. The number of carbonyl (C=O) groups is 1. The lowest BCUT2D eigenvalue weighted by molar-refractivity contribution is -0.192. The van der Waals surface area contributed by atoms with Crippen LogP contribution in [0.1, 0.15) is 30.0 Å². The molecule has 2 N–H and O–H groups in total. The molecule has 3 heterocycles. The van der Waals surface area contributed by atoms with E-state index in [0.717, 1.165) is 30.1 Å². The van der Waals surface area contributed by atoms with Gasteiger partial charge in [-0.05, 0) is 32.7 Å². The molecule has 2 aliphatic heterocycles. The molecule has 2 fully saturated rings. The number of ether oxygens (including phenoxy) is 2. The lowest BCUT2D eigenvalue weighted by atomic mass is 10.0. The number of carboxylic acids is 1. The highest BCUT2D eigenvalue weighted by molar-refractivity contribution is 7.09. The molecule has 1 aromatic heterocycles. The summed E-state index contributed by atoms with van der Waals surface area (Å²) in [7, 11) is 0. The number of hydrogen-bond acceptors (Lipinski definition) is 6. The van der Waals surface area contributed by atoms with Crippen molar-refractivity contribution in [1.82, 2.24) is 10.3 Å². The molecule has 0 amide bonds. The van der Waals surface area contributed by atoms with Crippen LogP contribution in [0.5, 0.6) is 0 Å². The highest BCUT2D eigenvalue weighted by Crippen LogP contribution is 2.25. The van der Waals surface area contributed by atoms with Gasteiger partial charge in [-0.15, -0.1) is 11.3 Å². The van der Waals surface area contributed by atoms with E-state index < -0.39 is 12.1 Å². The Morgan fingerprint density at radius 2 is 2.20 bits per heavy atom. The topological polar surface area (TPSA) is 80.7 Å². The largest absolute Gasteiger partial charge is 0.490 e. The molecule has 0 saturated carbocycles. The molecule has 2 saturated heterocycles. The van der Waals surface area contributed by atoms with Crippen LogP contribution in [0.2, 0.25) is 0 Å². The van der Waals surface area contributed by atoms with Gasteiger partial charge in [0.05, 0.1) is 36.1 Å². The quantitative estimate of drug-likeness (QED) is 0.833. The Hall–Kier alpha value is -1.23. The van der Waals surface area contributed by atoms with Crippen LogP contribution >= 0.6 is 11.3 Å². The fraction of sp³-hybridized carbons (Fsp3) is 0.733. The number of alkyl halides is 3. The number of nitrogens with one attached hydrogen (secondary N) is 1. The molecule has 6 nitrogen and oxygen atoms in total. The molecule has 10 heteroatoms. The Morgan fingerprint density at radius 1 is 1.48 bits per heavy atom. The van der Waals surface area contributed by atoms with Gasteiger partial charge >= 0.3 is 12.1 Å². The summed E-state index contributed by atoms with van der Waals surface area (Å²) in [5.41, 5.74) is 1.04. The zero-order valence-electron chi connectivity index (χ0n) is 13.7. The molecule has 0 bridgehead atoms. The lowest BCUT2D eigenvalue weighted by Crippen LogP contribution is -2.41. The molecular weight excluding hydrogens is 361 g/mol. The Labute approximate surface area is 147 Å². The van der Waals surface area contributed by atoms with Gasteiger partial charge < -0.3 is 19.9 Å². The first-order valence-electron chi connectivity index (χ1n) is 7.93. The van der Waals surface area contributed by atoms with Gasteiger partial charge in [-0.3, -0.25) is 0 Å². The maximum atomic E-state index is 10.6. The van der Waals surface area contributed by atoms with Crippen LogP contribution in [-0.2, 0) is 20.9 Å². The second kappa shape index (κ2) is 8.93. The summed E-state index contributed by atoms with van der Waals surface area (Å²) < 4.78 is 43.5. The molecular formula is C15H21F3N2O4S. The minimum atomic E-state index is -5.08. The number of carboxylic acid groups (broad SMARTS) is 1. The van der Waals surface area contributed by atoms with Crippen molar-refractivity contribution < 1.29 is 32.5 Å². The maximum absolute atomic E-state index is 10.6. The van der Waals surface area contributed by atoms with E-state index in [1.807, 2.05) is 6.92 Å². The van der Waals surface area contributed by atoms with E-state index in [4.69, 9.17) is 19.4 Å². The summed E-state index contributed by atoms with van der Waals surface area (Å²) in [5, 5.41) is 13.8. The fourth-order valence-corrected chi connectivity index (χ4v) is 3.36. The Morgan fingerprint density at radius 3 is 2.80 bits per heavy atom. The Bertz CT molecular complexity index is 567. The molecule has 3 rings (SSSR count). The summed E-state index contributed by atoms with van der Waals surface area (Å²) >= 11 is 1.67. The van der Waals surface area contributed by atoms with Crippen molar-refractivity contribution in [2.75, 3.05) is 13.2 Å². The van der Waals surface area contributed by atoms with Crippen LogP contribution in [0.3, 0.4) is 0 Å². The highest BCUT2D eigenvalue weighted by Gasteiger charge is 2.38. The lowest BCUT2D eigenvalue weighted by Gasteiger charge is -2.32. The van der Waals surface area contributed by atoms with Crippen LogP contribution in [0.15, 0.2) is 5.38 Å². The zero-order valence-corrected chi connectivity index (χ0v) is 14.5. The number of thiazole rings is 1. The van der Waals surface area contributed by atoms with Gasteiger partial charge in [-0.2, -0.15) is 13.2 Å². The number of hydrogen-bond donors (Lipinski definition) is 2. The average Bonchev–Trinajstić information content (AvgIpc) is 3.15. The van der Waals surface area contributed by atoms with Crippen LogP contribution < -0.4 is 5.32 Å². The summed E-state index contributed by atoms with van der Waals surface area (Å²) in [6.45, 7) is 4.42. The van der Waals surface area contributed by atoms with Crippen molar-refractivity contribution in [3.8, 4) is 0 Å². The van der Waals surface area contributed by atoms with Gasteiger partial charge in [-0.1, -0.05) is 0 Å². The second-order valence-electron chi connectivity index (χ2n) is 5.90. The van der Waals surface area contributed by atoms with Crippen molar-refractivity contribution in [3.05, 3.63) is 16.1 Å². The van der Waals surface area contributed by atoms with E-state index in [1.54, 1.807) is 11.3 Å².